The van der Waals surface area contributed by atoms with E-state index in [0.717, 1.165) is 68.9 Å². The molecule has 2 aromatic heterocycles. The smallest absolute Gasteiger partial charge is 0.191 e. The number of aromatic nitrogens is 3. The molecule has 4 rings (SSSR count). The molecular weight excluding hydrogens is 395 g/mol. The number of anilines is 1. The Balaban J connectivity index is 1.24. The minimum absolute atomic E-state index is 0.191. The lowest BCUT2D eigenvalue weighted by atomic mass is 10.2. The first kappa shape index (κ1) is 21.0. The number of guanidine groups is 1. The van der Waals surface area contributed by atoms with E-state index in [4.69, 9.17) is 0 Å². The third-order valence-electron chi connectivity index (χ3n) is 5.39. The Hall–Kier alpha value is -3.20. The van der Waals surface area contributed by atoms with Gasteiger partial charge in [0.25, 0.3) is 0 Å². The number of nitrogens with zero attached hydrogens (tertiary/aromatic N) is 6. The number of halogens is 1. The first-order valence-electron chi connectivity index (χ1n) is 10.8. The second-order valence-electron chi connectivity index (χ2n) is 7.47. The maximum absolute atomic E-state index is 13.1. The number of rotatable bonds is 7. The molecule has 0 spiro atoms. The van der Waals surface area contributed by atoms with E-state index in [0.29, 0.717) is 6.54 Å². The highest BCUT2D eigenvalue weighted by Gasteiger charge is 2.17. The second kappa shape index (κ2) is 10.2. The van der Waals surface area contributed by atoms with E-state index in [1.165, 1.54) is 12.1 Å². The van der Waals surface area contributed by atoms with Crippen LogP contribution in [0, 0.1) is 5.82 Å². The number of fused-ring (bicyclic) bond motifs is 1. The van der Waals surface area contributed by atoms with Gasteiger partial charge in [-0.25, -0.2) is 9.38 Å². The van der Waals surface area contributed by atoms with Gasteiger partial charge in [-0.3, -0.25) is 9.30 Å². The van der Waals surface area contributed by atoms with E-state index >= 15 is 0 Å². The molecule has 8 nitrogen and oxygen atoms in total. The van der Waals surface area contributed by atoms with Crippen molar-refractivity contribution in [2.75, 3.05) is 50.7 Å². The highest BCUT2D eigenvalue weighted by molar-refractivity contribution is 5.79. The normalized spacial score (nSPS) is 15.4. The van der Waals surface area contributed by atoms with Crippen LogP contribution in [0.15, 0.2) is 53.7 Å². The van der Waals surface area contributed by atoms with Crippen LogP contribution in [0.1, 0.15) is 12.7 Å². The van der Waals surface area contributed by atoms with Crippen LogP contribution in [0.5, 0.6) is 0 Å². The fraction of sp³-hybridized carbons (Fsp3) is 0.409. The summed E-state index contributed by atoms with van der Waals surface area (Å²) in [6.45, 7) is 8.91. The zero-order chi connectivity index (χ0) is 21.5. The largest absolute Gasteiger partial charge is 0.369 e. The van der Waals surface area contributed by atoms with Crippen molar-refractivity contribution >= 4 is 17.3 Å². The summed E-state index contributed by atoms with van der Waals surface area (Å²) in [5.74, 6) is 1.40. The number of nitrogens with one attached hydrogen (secondary N) is 2. The summed E-state index contributed by atoms with van der Waals surface area (Å²) < 4.78 is 15.1. The molecule has 1 aliphatic heterocycles. The van der Waals surface area contributed by atoms with Crippen LogP contribution in [0.4, 0.5) is 10.1 Å². The molecule has 31 heavy (non-hydrogen) atoms. The van der Waals surface area contributed by atoms with Crippen LogP contribution in [-0.4, -0.2) is 71.3 Å². The van der Waals surface area contributed by atoms with Crippen LogP contribution in [0.3, 0.4) is 0 Å². The molecule has 0 bridgehead atoms. The highest BCUT2D eigenvalue weighted by Crippen LogP contribution is 2.16. The Morgan fingerprint density at radius 3 is 2.61 bits per heavy atom. The molecule has 3 heterocycles. The van der Waals surface area contributed by atoms with E-state index in [1.54, 1.807) is 0 Å². The summed E-state index contributed by atoms with van der Waals surface area (Å²) in [4.78, 5) is 9.40. The van der Waals surface area contributed by atoms with Gasteiger partial charge in [0.2, 0.25) is 0 Å². The van der Waals surface area contributed by atoms with Crippen molar-refractivity contribution in [2.45, 2.75) is 13.5 Å². The van der Waals surface area contributed by atoms with Gasteiger partial charge in [0.15, 0.2) is 17.4 Å². The third kappa shape index (κ3) is 5.49. The second-order valence-corrected chi connectivity index (χ2v) is 7.47. The fourth-order valence-corrected chi connectivity index (χ4v) is 3.70. The average molecular weight is 425 g/mol. The van der Waals surface area contributed by atoms with E-state index in [1.807, 2.05) is 40.9 Å². The van der Waals surface area contributed by atoms with Gasteiger partial charge in [0, 0.05) is 57.7 Å². The summed E-state index contributed by atoms with van der Waals surface area (Å²) in [5, 5.41) is 15.1. The first-order valence-corrected chi connectivity index (χ1v) is 10.8. The number of hydrogen-bond donors (Lipinski definition) is 2. The van der Waals surface area contributed by atoms with Gasteiger partial charge in [-0.05, 0) is 43.3 Å². The summed E-state index contributed by atoms with van der Waals surface area (Å²) in [6.07, 6.45) is 1.95. The number of pyridine rings is 1. The molecule has 1 saturated heterocycles. The molecule has 0 amide bonds. The quantitative estimate of drug-likeness (QED) is 0.445. The monoisotopic (exact) mass is 424 g/mol. The van der Waals surface area contributed by atoms with Crippen molar-refractivity contribution in [3.63, 3.8) is 0 Å². The molecule has 0 unspecified atom stereocenters. The molecule has 0 atom stereocenters. The van der Waals surface area contributed by atoms with Crippen molar-refractivity contribution in [3.8, 4) is 0 Å². The van der Waals surface area contributed by atoms with E-state index in [9.17, 15) is 4.39 Å². The number of benzene rings is 1. The maximum atomic E-state index is 13.1. The van der Waals surface area contributed by atoms with E-state index in [2.05, 4.69) is 42.5 Å². The SMILES string of the molecule is CCNC(=NCc1nnc2ccccn12)NCCN1CCN(c2ccc(F)cc2)CC1. The molecule has 2 N–H and O–H groups in total. The number of piperazine rings is 1. The zero-order valence-corrected chi connectivity index (χ0v) is 17.8. The van der Waals surface area contributed by atoms with Crippen LogP contribution >= 0.6 is 0 Å². The summed E-state index contributed by atoms with van der Waals surface area (Å²) in [7, 11) is 0. The Morgan fingerprint density at radius 1 is 1.03 bits per heavy atom. The van der Waals surface area contributed by atoms with Crippen LogP contribution in [0.2, 0.25) is 0 Å². The Bertz CT molecular complexity index is 992. The Labute approximate surface area is 181 Å². The van der Waals surface area contributed by atoms with Gasteiger partial charge < -0.3 is 15.5 Å². The molecule has 1 fully saturated rings. The van der Waals surface area contributed by atoms with Crippen molar-refractivity contribution < 1.29 is 4.39 Å². The predicted molar refractivity (Wildman–Crippen MR) is 121 cm³/mol. The zero-order valence-electron chi connectivity index (χ0n) is 17.8. The predicted octanol–water partition coefficient (Wildman–Crippen LogP) is 1.75. The minimum Gasteiger partial charge on any atom is -0.369 e. The van der Waals surface area contributed by atoms with Gasteiger partial charge in [0.05, 0.1) is 0 Å². The lowest BCUT2D eigenvalue weighted by Crippen LogP contribution is -2.49. The Kier molecular flexibility index (Phi) is 6.93. The number of hydrogen-bond acceptors (Lipinski definition) is 5. The van der Waals surface area contributed by atoms with Crippen LogP contribution in [0.25, 0.3) is 5.65 Å². The average Bonchev–Trinajstić information content (AvgIpc) is 3.22. The highest BCUT2D eigenvalue weighted by atomic mass is 19.1. The Morgan fingerprint density at radius 2 is 1.84 bits per heavy atom. The molecule has 9 heteroatoms. The summed E-state index contributed by atoms with van der Waals surface area (Å²) in [6, 6.07) is 12.6. The third-order valence-corrected chi connectivity index (χ3v) is 5.39. The molecule has 1 aromatic carbocycles. The maximum Gasteiger partial charge on any atom is 0.191 e. The van der Waals surface area contributed by atoms with Crippen molar-refractivity contribution in [2.24, 2.45) is 4.99 Å². The molecule has 0 aliphatic carbocycles. The molecule has 0 radical (unpaired) electrons. The molecule has 1 aliphatic rings. The molecule has 164 valence electrons. The lowest BCUT2D eigenvalue weighted by molar-refractivity contribution is 0.261. The van der Waals surface area contributed by atoms with Crippen molar-refractivity contribution in [1.82, 2.24) is 30.1 Å². The minimum atomic E-state index is -0.191. The van der Waals surface area contributed by atoms with Gasteiger partial charge in [-0.1, -0.05) is 6.07 Å². The van der Waals surface area contributed by atoms with Gasteiger partial charge in [0.1, 0.15) is 12.4 Å². The first-order chi connectivity index (χ1) is 15.2. The van der Waals surface area contributed by atoms with E-state index in [-0.39, 0.29) is 5.82 Å². The van der Waals surface area contributed by atoms with Crippen molar-refractivity contribution in [1.29, 1.82) is 0 Å². The van der Waals surface area contributed by atoms with Gasteiger partial charge in [-0.15, -0.1) is 10.2 Å². The fourth-order valence-electron chi connectivity index (χ4n) is 3.70. The number of aliphatic imine (C=N–C) groups is 1. The molecule has 0 saturated carbocycles. The molecular formula is C22H29FN8. The van der Waals surface area contributed by atoms with Crippen molar-refractivity contribution in [3.05, 3.63) is 60.3 Å². The topological polar surface area (TPSA) is 73.1 Å². The molecule has 3 aromatic rings. The van der Waals surface area contributed by atoms with Crippen LogP contribution in [-0.2, 0) is 6.54 Å². The van der Waals surface area contributed by atoms with Gasteiger partial charge >= 0.3 is 0 Å². The summed E-state index contributed by atoms with van der Waals surface area (Å²) >= 11 is 0. The summed E-state index contributed by atoms with van der Waals surface area (Å²) in [5.41, 5.74) is 1.91. The standard InChI is InChI=1S/C22H29FN8/c1-2-24-22(26-17-21-28-27-20-5-3-4-11-31(20)21)25-10-12-29-13-15-30(16-14-29)19-8-6-18(23)7-9-19/h3-9,11H,2,10,12-17H2,1H3,(H2,24,25,26). The van der Waals surface area contributed by atoms with E-state index < -0.39 is 0 Å². The lowest BCUT2D eigenvalue weighted by Gasteiger charge is -2.36. The van der Waals surface area contributed by atoms with Gasteiger partial charge in [-0.2, -0.15) is 0 Å². The van der Waals surface area contributed by atoms with Crippen LogP contribution < -0.4 is 15.5 Å².